The summed E-state index contributed by atoms with van der Waals surface area (Å²) in [7, 11) is -4.20. The van der Waals surface area contributed by atoms with Crippen molar-refractivity contribution in [1.82, 2.24) is 14.9 Å². The number of hydrogen-bond donors (Lipinski definition) is 3. The minimum atomic E-state index is -4.71. The van der Waals surface area contributed by atoms with Gasteiger partial charge in [0.05, 0.1) is 6.04 Å². The second kappa shape index (κ2) is 9.92. The molecule has 2 aromatic heterocycles. The van der Waals surface area contributed by atoms with E-state index in [0.717, 1.165) is 11.3 Å². The number of aliphatic hydroxyl groups excluding tert-OH is 1. The maximum absolute atomic E-state index is 13.6. The number of aryl methyl sites for hydroxylation is 1. The van der Waals surface area contributed by atoms with E-state index in [4.69, 9.17) is 16.3 Å². The number of fused-ring (bicyclic) bond motifs is 2. The average Bonchev–Trinajstić information content (AvgIpc) is 3.46. The summed E-state index contributed by atoms with van der Waals surface area (Å²) in [5, 5.41) is 19.3. The largest absolute Gasteiger partial charge is 0.485 e. The predicted molar refractivity (Wildman–Crippen MR) is 145 cm³/mol. The van der Waals surface area contributed by atoms with Crippen molar-refractivity contribution < 1.29 is 36.2 Å². The molecule has 2 aromatic carbocycles. The first-order valence-corrected chi connectivity index (χ1v) is 15.0. The number of sulfonamides is 1. The lowest BCUT2D eigenvalue weighted by Crippen LogP contribution is -2.53. The number of rotatable bonds is 5. The summed E-state index contributed by atoms with van der Waals surface area (Å²) in [6.45, 7) is 4.83. The van der Waals surface area contributed by atoms with Crippen LogP contribution in [0.15, 0.2) is 40.6 Å². The molecule has 0 bridgehead atoms. The molecule has 0 aliphatic carbocycles. The van der Waals surface area contributed by atoms with Crippen LogP contribution < -0.4 is 14.8 Å². The molecule has 16 heteroatoms. The van der Waals surface area contributed by atoms with Crippen LogP contribution in [0.25, 0.3) is 10.1 Å². The van der Waals surface area contributed by atoms with Gasteiger partial charge >= 0.3 is 6.18 Å². The third-order valence-corrected chi connectivity index (χ3v) is 10.7. The number of aliphatic hydroxyl groups is 1. The second-order valence-electron chi connectivity index (χ2n) is 9.52. The number of nitrogens with zero attached hydrogens (tertiary/aromatic N) is 2. The molecule has 0 saturated carbocycles. The van der Waals surface area contributed by atoms with Gasteiger partial charge in [0, 0.05) is 20.8 Å². The molecule has 1 amide bonds. The van der Waals surface area contributed by atoms with Gasteiger partial charge in [-0.25, -0.2) is 13.1 Å². The maximum atomic E-state index is 13.6. The SMILES string of the molecule is Cc1c(S(=O)(=O)NC2c3cc(C(=O)Nc4nnc(C(F)(F)F)s4)ccc3OC(C)(C)C2O)sc2ccc(Cl)cc12. The number of thiophene rings is 1. The number of nitrogens with one attached hydrogen (secondary N) is 2. The molecule has 3 heterocycles. The first-order chi connectivity index (χ1) is 18.6. The summed E-state index contributed by atoms with van der Waals surface area (Å²) in [5.41, 5.74) is -0.597. The number of carbonyl (C=O) groups excluding carboxylic acids is 1. The van der Waals surface area contributed by atoms with Crippen molar-refractivity contribution in [1.29, 1.82) is 0 Å². The summed E-state index contributed by atoms with van der Waals surface area (Å²) < 4.78 is 75.0. The number of hydrogen-bond acceptors (Lipinski definition) is 9. The minimum Gasteiger partial charge on any atom is -0.485 e. The van der Waals surface area contributed by atoms with Crippen LogP contribution in [0.1, 0.15) is 46.4 Å². The fraction of sp³-hybridized carbons (Fsp3) is 0.292. The lowest BCUT2D eigenvalue weighted by Gasteiger charge is -2.42. The number of halogens is 4. The fourth-order valence-electron chi connectivity index (χ4n) is 4.27. The molecule has 1 aliphatic rings. The van der Waals surface area contributed by atoms with E-state index in [-0.39, 0.29) is 37.6 Å². The molecule has 0 fully saturated rings. The Balaban J connectivity index is 1.49. The van der Waals surface area contributed by atoms with Gasteiger partial charge in [0.2, 0.25) is 10.1 Å². The van der Waals surface area contributed by atoms with Crippen LogP contribution in [0.3, 0.4) is 0 Å². The van der Waals surface area contributed by atoms with Crippen LogP contribution >= 0.6 is 34.3 Å². The third-order valence-electron chi connectivity index (χ3n) is 6.28. The van der Waals surface area contributed by atoms with Gasteiger partial charge in [-0.05, 0) is 68.1 Å². The lowest BCUT2D eigenvalue weighted by atomic mass is 9.86. The highest BCUT2D eigenvalue weighted by Gasteiger charge is 2.45. The fourth-order valence-corrected chi connectivity index (χ4v) is 8.04. The molecule has 0 radical (unpaired) electrons. The van der Waals surface area contributed by atoms with Crippen molar-refractivity contribution >= 4 is 65.4 Å². The second-order valence-corrected chi connectivity index (χ2v) is 13.9. The third kappa shape index (κ3) is 5.29. The number of amides is 1. The van der Waals surface area contributed by atoms with E-state index in [9.17, 15) is 31.5 Å². The highest BCUT2D eigenvalue weighted by atomic mass is 35.5. The van der Waals surface area contributed by atoms with Crippen molar-refractivity contribution in [3.05, 3.63) is 63.1 Å². The van der Waals surface area contributed by atoms with Gasteiger partial charge in [0.15, 0.2) is 0 Å². The van der Waals surface area contributed by atoms with Crippen molar-refractivity contribution in [2.75, 3.05) is 5.32 Å². The number of benzene rings is 2. The number of anilines is 1. The molecule has 9 nitrogen and oxygen atoms in total. The Hall–Kier alpha value is -2.82. The zero-order chi connectivity index (χ0) is 29.2. The zero-order valence-corrected chi connectivity index (χ0v) is 24.0. The smallest absolute Gasteiger partial charge is 0.445 e. The van der Waals surface area contributed by atoms with Gasteiger partial charge in [0.1, 0.15) is 21.7 Å². The van der Waals surface area contributed by atoms with Crippen molar-refractivity contribution in [3.63, 3.8) is 0 Å². The van der Waals surface area contributed by atoms with Gasteiger partial charge in [-0.2, -0.15) is 13.2 Å². The van der Waals surface area contributed by atoms with E-state index < -0.39 is 44.9 Å². The quantitative estimate of drug-likeness (QED) is 0.263. The Kier molecular flexibility index (Phi) is 7.12. The van der Waals surface area contributed by atoms with Gasteiger partial charge in [0.25, 0.3) is 15.9 Å². The number of aromatic nitrogens is 2. The Morgan fingerprint density at radius 3 is 2.55 bits per heavy atom. The van der Waals surface area contributed by atoms with Crippen LogP contribution in [0, 0.1) is 6.92 Å². The Bertz CT molecular complexity index is 1750. The number of ether oxygens (including phenoxy) is 1. The molecule has 212 valence electrons. The molecule has 2 atom stereocenters. The van der Waals surface area contributed by atoms with E-state index in [0.29, 0.717) is 20.7 Å². The molecule has 4 aromatic rings. The van der Waals surface area contributed by atoms with Crippen LogP contribution in [0.2, 0.25) is 5.02 Å². The molecule has 40 heavy (non-hydrogen) atoms. The standard InChI is InChI=1S/C24H20ClF3N4O5S3/c1-10-13-9-12(25)5-7-16(13)38-20(10)40(35,36)32-17-14-8-11(4-6-15(14)37-23(2,3)18(17)33)19(34)29-22-31-30-21(39-22)24(26,27)28/h4-9,17-18,32-33H,1-3H3,(H,29,31,34). The molecular weight excluding hydrogens is 613 g/mol. The lowest BCUT2D eigenvalue weighted by molar-refractivity contribution is -0.138. The van der Waals surface area contributed by atoms with E-state index >= 15 is 0 Å². The Labute approximate surface area is 239 Å². The predicted octanol–water partition coefficient (Wildman–Crippen LogP) is 5.54. The Morgan fingerprint density at radius 1 is 1.15 bits per heavy atom. The van der Waals surface area contributed by atoms with Gasteiger partial charge in [-0.1, -0.05) is 22.9 Å². The van der Waals surface area contributed by atoms with Crippen LogP contribution in [0.4, 0.5) is 18.3 Å². The minimum absolute atomic E-state index is 0.0325. The number of carbonyl (C=O) groups is 1. The summed E-state index contributed by atoms with van der Waals surface area (Å²) in [6.07, 6.45) is -6.09. The molecule has 0 spiro atoms. The molecule has 5 rings (SSSR count). The highest BCUT2D eigenvalue weighted by molar-refractivity contribution is 7.91. The topological polar surface area (TPSA) is 131 Å². The summed E-state index contributed by atoms with van der Waals surface area (Å²) in [4.78, 5) is 12.8. The van der Waals surface area contributed by atoms with E-state index in [2.05, 4.69) is 20.2 Å². The first kappa shape index (κ1) is 28.7. The summed E-state index contributed by atoms with van der Waals surface area (Å²) in [5.74, 6) is -0.597. The summed E-state index contributed by atoms with van der Waals surface area (Å²) >= 11 is 7.30. The highest BCUT2D eigenvalue weighted by Crippen LogP contribution is 2.43. The van der Waals surface area contributed by atoms with Crippen molar-refractivity contribution in [3.8, 4) is 5.75 Å². The van der Waals surface area contributed by atoms with Gasteiger partial charge < -0.3 is 9.84 Å². The van der Waals surface area contributed by atoms with E-state index in [1.165, 1.54) is 18.2 Å². The maximum Gasteiger partial charge on any atom is 0.445 e. The average molecular weight is 633 g/mol. The number of alkyl halides is 3. The van der Waals surface area contributed by atoms with Gasteiger partial charge in [-0.15, -0.1) is 21.5 Å². The zero-order valence-electron chi connectivity index (χ0n) is 20.8. The normalized spacial score (nSPS) is 18.8. The van der Waals surface area contributed by atoms with Crippen molar-refractivity contribution in [2.45, 2.75) is 48.9 Å². The van der Waals surface area contributed by atoms with Crippen LogP contribution in [0.5, 0.6) is 5.75 Å². The summed E-state index contributed by atoms with van der Waals surface area (Å²) in [6, 6.07) is 7.90. The molecule has 0 saturated heterocycles. The van der Waals surface area contributed by atoms with E-state index in [1.54, 1.807) is 39.0 Å². The van der Waals surface area contributed by atoms with Gasteiger partial charge in [-0.3, -0.25) is 10.1 Å². The first-order valence-electron chi connectivity index (χ1n) is 11.5. The monoisotopic (exact) mass is 632 g/mol. The van der Waals surface area contributed by atoms with Crippen LogP contribution in [-0.4, -0.2) is 41.3 Å². The molecule has 2 unspecified atom stereocenters. The molecular formula is C24H20ClF3N4O5S3. The van der Waals surface area contributed by atoms with E-state index in [1.807, 2.05) is 0 Å². The van der Waals surface area contributed by atoms with Crippen molar-refractivity contribution in [2.24, 2.45) is 0 Å². The molecule has 3 N–H and O–H groups in total. The molecule has 1 aliphatic heterocycles. The van der Waals surface area contributed by atoms with Crippen LogP contribution in [-0.2, 0) is 16.2 Å². The Morgan fingerprint density at radius 2 is 1.88 bits per heavy atom.